The molecule has 0 aromatic heterocycles. The number of carbonyl (C=O) groups is 7. The Hall–Kier alpha value is -6.30. The van der Waals surface area contributed by atoms with E-state index in [0.717, 1.165) is 65.6 Å². The Morgan fingerprint density at radius 2 is 1.24 bits per heavy atom. The molecule has 30 nitrogen and oxygen atoms in total. The standard InChI is InChI=1S/C68H101N11O19.3ClH/c1-4-40-5-14-47(15-6-40)76-22-24-77(25-23-76)48-16-12-43(13-17-48)42-8-10-44(11-9-42)62(91)72-51-29-49(85)31-71-66(95)60-61(90)38(2)32-79(60)68(97)59(54(88)19-20-69-45(34-80)35-81)75-65(94)58(55(89)27-41-7-18-53(87)56(28-41)98-26-21-70-46(36-82)37-83)74-64(93)52-30-50(86)33-78(52)67(96)57(39(3)84)73-63(51)92;;;/h7-13,16-18,28,38-40,45-47,49-52,54-55,57-61,69-70,80-90H,4-6,14-15,19-27,29-37H2,1-3H3,(H,71,95)(H,72,91)(H,73,92)(H,74,93)(H,75,94);3*1H/t38-,39+,40?,47?,49+,50+,51-,52-,54+,55+,57-,58-,59-,60-,61-;;;/m0.../s1. The number of amides is 7. The average Bonchev–Trinajstić information content (AvgIpc) is 1.65. The highest BCUT2D eigenvalue weighted by Gasteiger charge is 2.50. The molecule has 5 aliphatic rings. The van der Waals surface area contributed by atoms with E-state index in [2.05, 4.69) is 66.1 Å². The lowest BCUT2D eigenvalue weighted by Crippen LogP contribution is -2.64. The van der Waals surface area contributed by atoms with Gasteiger partial charge in [-0.15, -0.1) is 37.2 Å². The van der Waals surface area contributed by atoms with Gasteiger partial charge in [-0.25, -0.2) is 0 Å². The summed E-state index contributed by atoms with van der Waals surface area (Å²) < 4.78 is 5.72. The number of aliphatic hydroxyl groups excluding tert-OH is 10. The van der Waals surface area contributed by atoms with Crippen molar-refractivity contribution in [1.29, 1.82) is 0 Å². The van der Waals surface area contributed by atoms with E-state index in [1.54, 1.807) is 12.1 Å². The van der Waals surface area contributed by atoms with Crippen LogP contribution in [0, 0.1) is 11.8 Å². The Balaban J connectivity index is 0.00000612. The van der Waals surface area contributed by atoms with Crippen LogP contribution >= 0.6 is 37.2 Å². The van der Waals surface area contributed by atoms with Gasteiger partial charge in [0.1, 0.15) is 42.9 Å². The Morgan fingerprint density at radius 1 is 0.653 bits per heavy atom. The summed E-state index contributed by atoms with van der Waals surface area (Å²) >= 11 is 0. The Morgan fingerprint density at radius 3 is 1.84 bits per heavy atom. The molecule has 13 atom stereocenters. The topological polar surface area (TPSA) is 448 Å². The van der Waals surface area contributed by atoms with Gasteiger partial charge in [-0.2, -0.15) is 0 Å². The molecule has 4 saturated heterocycles. The highest BCUT2D eigenvalue weighted by Crippen LogP contribution is 2.33. The third-order valence-corrected chi connectivity index (χ3v) is 19.7. The summed E-state index contributed by atoms with van der Waals surface area (Å²) in [6.07, 6.45) is -6.05. The minimum atomic E-state index is -2.13. The first-order valence-electron chi connectivity index (χ1n) is 34.2. The van der Waals surface area contributed by atoms with Gasteiger partial charge < -0.3 is 113 Å². The molecule has 7 amide bonds. The number of β-amino-alcohol motifs (C(OH)–C–C–N with tert-alkyl or cyclic N) is 1. The minimum Gasteiger partial charge on any atom is -0.504 e. The van der Waals surface area contributed by atoms with Gasteiger partial charge in [0, 0.05) is 94.8 Å². The van der Waals surface area contributed by atoms with Gasteiger partial charge in [0.15, 0.2) is 11.5 Å². The zero-order chi connectivity index (χ0) is 70.9. The number of aromatic hydroxyl groups is 1. The molecule has 101 heavy (non-hydrogen) atoms. The second kappa shape index (κ2) is 40.7. The first kappa shape index (κ1) is 85.3. The van der Waals surface area contributed by atoms with Crippen molar-refractivity contribution in [2.45, 2.75) is 170 Å². The first-order valence-corrected chi connectivity index (χ1v) is 34.2. The number of carbonyl (C=O) groups excluding carboxylic acids is 7. The van der Waals surface area contributed by atoms with E-state index in [0.29, 0.717) is 6.04 Å². The molecule has 1 saturated carbocycles. The predicted octanol–water partition coefficient (Wildman–Crippen LogP) is -2.98. The fraction of sp³-hybridized carbons (Fsp3) is 0.632. The fourth-order valence-corrected chi connectivity index (χ4v) is 13.7. The summed E-state index contributed by atoms with van der Waals surface area (Å²) in [5.74, 6) is -8.20. The van der Waals surface area contributed by atoms with E-state index < -0.39 is 184 Å². The second-order valence-corrected chi connectivity index (χ2v) is 26.7. The van der Waals surface area contributed by atoms with Crippen molar-refractivity contribution >= 4 is 84.3 Å². The van der Waals surface area contributed by atoms with Crippen molar-refractivity contribution in [3.63, 3.8) is 0 Å². The van der Waals surface area contributed by atoms with Gasteiger partial charge in [-0.3, -0.25) is 38.5 Å². The number of aliphatic hydroxyl groups is 10. The number of phenolic OH excluding ortho intramolecular Hbond substituents is 1. The molecular formula is C68H104Cl3N11O19. The molecular weight excluding hydrogens is 1380 g/mol. The number of ether oxygens (including phenoxy) is 1. The lowest BCUT2D eigenvalue weighted by atomic mass is 9.84. The highest BCUT2D eigenvalue weighted by molar-refractivity contribution is 6.00. The van der Waals surface area contributed by atoms with E-state index in [1.165, 1.54) is 69.4 Å². The average molecular weight is 1490 g/mol. The van der Waals surface area contributed by atoms with E-state index in [9.17, 15) is 84.9 Å². The third kappa shape index (κ3) is 22.6. The predicted molar refractivity (Wildman–Crippen MR) is 378 cm³/mol. The zero-order valence-corrected chi connectivity index (χ0v) is 59.6. The smallest absolute Gasteiger partial charge is 0.251 e. The molecule has 0 radical (unpaired) electrons. The number of hydrogen-bond donors (Lipinski definition) is 18. The molecule has 1 aliphatic carbocycles. The van der Waals surface area contributed by atoms with Crippen LogP contribution in [-0.2, 0) is 35.2 Å². The molecule has 4 heterocycles. The molecule has 18 N–H and O–H groups in total. The second-order valence-electron chi connectivity index (χ2n) is 26.7. The summed E-state index contributed by atoms with van der Waals surface area (Å²) in [4.78, 5) is 110. The lowest BCUT2D eigenvalue weighted by Gasteiger charge is -2.42. The summed E-state index contributed by atoms with van der Waals surface area (Å²) in [7, 11) is 0. The Kier molecular flexibility index (Phi) is 34.4. The van der Waals surface area contributed by atoms with E-state index >= 15 is 4.79 Å². The van der Waals surface area contributed by atoms with Crippen LogP contribution in [0.3, 0.4) is 0 Å². The number of phenols is 1. The quantitative estimate of drug-likeness (QED) is 0.0398. The van der Waals surface area contributed by atoms with Crippen LogP contribution < -0.4 is 46.9 Å². The minimum absolute atomic E-state index is 0. The zero-order valence-electron chi connectivity index (χ0n) is 57.1. The number of benzene rings is 3. The number of anilines is 1. The maximum atomic E-state index is 15.1. The van der Waals surface area contributed by atoms with Gasteiger partial charge in [-0.1, -0.05) is 50.6 Å². The number of piperazine rings is 1. The van der Waals surface area contributed by atoms with Crippen molar-refractivity contribution in [1.82, 2.24) is 51.9 Å². The first-order chi connectivity index (χ1) is 46.9. The molecule has 33 heteroatoms. The van der Waals surface area contributed by atoms with Crippen LogP contribution in [0.2, 0.25) is 0 Å². The highest BCUT2D eigenvalue weighted by atomic mass is 35.5. The SMILES string of the molecule is CCC1CCC(N2CCN(c3ccc(-c4ccc(C(=O)N[C@H]5C[C@@H](O)CNC(=O)[C@@H]6[C@@H](O)[C@@H](C)CN6C(=O)[C@H]([C@H](O)CCNC(CO)CO)NC(=O)[C@H]([C@H](O)Cc6ccc(O)c(OCCNC(CO)CO)c6)NC(=O)[C@@H]6C[C@@H](O)CN6C(=O)[C@H]([C@@H](C)O)NC5=O)cc4)cc3)CC2)CC1.Cl.Cl.Cl. The van der Waals surface area contributed by atoms with Crippen LogP contribution in [-0.4, -0.2) is 295 Å². The molecule has 4 aliphatic heterocycles. The molecule has 0 spiro atoms. The number of nitrogens with zero attached hydrogens (tertiary/aromatic N) is 4. The molecule has 566 valence electrons. The van der Waals surface area contributed by atoms with Crippen molar-refractivity contribution in [3.8, 4) is 22.6 Å². The molecule has 5 fully saturated rings. The number of hydrogen-bond acceptors (Lipinski definition) is 23. The summed E-state index contributed by atoms with van der Waals surface area (Å²) in [6, 6.07) is 6.38. The van der Waals surface area contributed by atoms with E-state index in [4.69, 9.17) is 4.74 Å². The number of rotatable bonds is 24. The molecule has 3 aromatic carbocycles. The Bertz CT molecular complexity index is 3130. The van der Waals surface area contributed by atoms with Gasteiger partial charge >= 0.3 is 0 Å². The normalized spacial score (nSPS) is 26.9. The van der Waals surface area contributed by atoms with E-state index in [1.807, 2.05) is 12.1 Å². The fourth-order valence-electron chi connectivity index (χ4n) is 13.7. The van der Waals surface area contributed by atoms with Gasteiger partial charge in [0.05, 0.1) is 75.1 Å². The molecule has 3 aromatic rings. The van der Waals surface area contributed by atoms with E-state index in [-0.39, 0.29) is 99.3 Å². The number of nitrogens with one attached hydrogen (secondary N) is 7. The largest absolute Gasteiger partial charge is 0.504 e. The molecule has 8 rings (SSSR count). The number of fused-ring (bicyclic) bond motifs is 2. The summed E-state index contributed by atoms with van der Waals surface area (Å²) in [6.45, 7) is 5.20. The van der Waals surface area contributed by atoms with Crippen molar-refractivity contribution in [2.75, 3.05) is 96.8 Å². The van der Waals surface area contributed by atoms with Crippen molar-refractivity contribution in [2.24, 2.45) is 11.8 Å². The van der Waals surface area contributed by atoms with Crippen LogP contribution in [0.4, 0.5) is 5.69 Å². The maximum absolute atomic E-state index is 15.1. The number of halogens is 3. The Labute approximate surface area is 606 Å². The lowest BCUT2D eigenvalue weighted by molar-refractivity contribution is -0.147. The van der Waals surface area contributed by atoms with Gasteiger partial charge in [0.25, 0.3) is 5.91 Å². The monoisotopic (exact) mass is 1480 g/mol. The van der Waals surface area contributed by atoms with Crippen LogP contribution in [0.25, 0.3) is 11.1 Å². The third-order valence-electron chi connectivity index (χ3n) is 19.7. The summed E-state index contributed by atoms with van der Waals surface area (Å²) in [5, 5.41) is 137. The van der Waals surface area contributed by atoms with Crippen molar-refractivity contribution in [3.05, 3.63) is 77.9 Å². The van der Waals surface area contributed by atoms with Crippen LogP contribution in [0.1, 0.15) is 88.1 Å². The van der Waals surface area contributed by atoms with Crippen LogP contribution in [0.15, 0.2) is 66.7 Å². The van der Waals surface area contributed by atoms with Crippen LogP contribution in [0.5, 0.6) is 11.5 Å². The molecule has 0 unspecified atom stereocenters. The molecule has 0 bridgehead atoms. The van der Waals surface area contributed by atoms with Gasteiger partial charge in [0.2, 0.25) is 35.4 Å². The van der Waals surface area contributed by atoms with Gasteiger partial charge in [-0.05, 0) is 105 Å². The maximum Gasteiger partial charge on any atom is 0.251 e. The summed E-state index contributed by atoms with van der Waals surface area (Å²) in [5.41, 5.74) is 3.03. The van der Waals surface area contributed by atoms with Crippen molar-refractivity contribution < 1.29 is 94.5 Å².